The van der Waals surface area contributed by atoms with Crippen LogP contribution in [0.25, 0.3) is 0 Å². The molecule has 1 heterocycles. The molecule has 1 aliphatic rings. The van der Waals surface area contributed by atoms with E-state index < -0.39 is 0 Å². The Kier molecular flexibility index (Phi) is 3.94. The molecule has 0 spiro atoms. The van der Waals surface area contributed by atoms with Gasteiger partial charge in [-0.05, 0) is 44.7 Å². The predicted molar refractivity (Wildman–Crippen MR) is 74.8 cm³/mol. The first kappa shape index (κ1) is 13.0. The number of ether oxygens (including phenoxy) is 1. The summed E-state index contributed by atoms with van der Waals surface area (Å²) >= 11 is 0. The summed E-state index contributed by atoms with van der Waals surface area (Å²) in [5.41, 5.74) is 6.45. The molecule has 2 unspecified atom stereocenters. The van der Waals surface area contributed by atoms with Crippen LogP contribution in [0.5, 0.6) is 5.88 Å². The van der Waals surface area contributed by atoms with E-state index in [0.717, 1.165) is 5.82 Å². The molecule has 1 fully saturated rings. The topological polar surface area (TPSA) is 60.2 Å². The zero-order valence-electron chi connectivity index (χ0n) is 11.4. The first-order chi connectivity index (χ1) is 8.56. The van der Waals surface area contributed by atoms with Crippen LogP contribution in [0.3, 0.4) is 0 Å². The Morgan fingerprint density at radius 1 is 1.39 bits per heavy atom. The highest BCUT2D eigenvalue weighted by Crippen LogP contribution is 2.29. The van der Waals surface area contributed by atoms with Gasteiger partial charge in [-0.3, -0.25) is 0 Å². The van der Waals surface area contributed by atoms with Gasteiger partial charge in [0.05, 0.1) is 11.8 Å². The van der Waals surface area contributed by atoms with E-state index in [1.807, 2.05) is 26.0 Å². The molecule has 0 bridgehead atoms. The normalized spacial score (nSPS) is 23.3. The summed E-state index contributed by atoms with van der Waals surface area (Å²) in [7, 11) is 0. The first-order valence-corrected chi connectivity index (χ1v) is 6.76. The Labute approximate surface area is 109 Å². The number of aromatic nitrogens is 1. The summed E-state index contributed by atoms with van der Waals surface area (Å²) in [4.78, 5) is 4.45. The van der Waals surface area contributed by atoms with E-state index in [4.69, 9.17) is 10.5 Å². The summed E-state index contributed by atoms with van der Waals surface area (Å²) in [5, 5.41) is 3.48. The van der Waals surface area contributed by atoms with Crippen molar-refractivity contribution >= 4 is 11.5 Å². The molecule has 0 amide bonds. The molecule has 0 aliphatic heterocycles. The van der Waals surface area contributed by atoms with Gasteiger partial charge < -0.3 is 15.8 Å². The molecule has 2 rings (SSSR count). The Balaban J connectivity index is 2.09. The van der Waals surface area contributed by atoms with Crippen LogP contribution in [0.1, 0.15) is 40.0 Å². The number of rotatable bonds is 4. The third-order valence-electron chi connectivity index (χ3n) is 3.43. The van der Waals surface area contributed by atoms with Gasteiger partial charge in [0, 0.05) is 6.04 Å². The quantitative estimate of drug-likeness (QED) is 0.861. The van der Waals surface area contributed by atoms with Crippen molar-refractivity contribution in [1.82, 2.24) is 4.98 Å². The van der Waals surface area contributed by atoms with Gasteiger partial charge in [0.15, 0.2) is 0 Å². The van der Waals surface area contributed by atoms with Gasteiger partial charge in [0.25, 0.3) is 0 Å². The van der Waals surface area contributed by atoms with Crippen molar-refractivity contribution in [3.63, 3.8) is 0 Å². The zero-order chi connectivity index (χ0) is 13.1. The minimum Gasteiger partial charge on any atom is -0.473 e. The van der Waals surface area contributed by atoms with E-state index in [2.05, 4.69) is 17.2 Å². The maximum Gasteiger partial charge on any atom is 0.239 e. The summed E-state index contributed by atoms with van der Waals surface area (Å²) in [5.74, 6) is 2.10. The molecular weight excluding hydrogens is 226 g/mol. The van der Waals surface area contributed by atoms with Crippen LogP contribution < -0.4 is 15.8 Å². The fourth-order valence-electron chi connectivity index (χ4n) is 2.40. The molecule has 3 N–H and O–H groups in total. The van der Waals surface area contributed by atoms with Crippen molar-refractivity contribution in [3.05, 3.63) is 12.1 Å². The monoisotopic (exact) mass is 249 g/mol. The van der Waals surface area contributed by atoms with Gasteiger partial charge in [-0.25, -0.2) is 0 Å². The Morgan fingerprint density at radius 3 is 2.78 bits per heavy atom. The van der Waals surface area contributed by atoms with E-state index >= 15 is 0 Å². The highest BCUT2D eigenvalue weighted by molar-refractivity contribution is 5.54. The number of hydrogen-bond acceptors (Lipinski definition) is 4. The van der Waals surface area contributed by atoms with Crippen molar-refractivity contribution in [1.29, 1.82) is 0 Å². The van der Waals surface area contributed by atoms with Crippen molar-refractivity contribution in [2.45, 2.75) is 52.2 Å². The van der Waals surface area contributed by atoms with Crippen LogP contribution in [0.4, 0.5) is 11.5 Å². The highest BCUT2D eigenvalue weighted by atomic mass is 16.5. The fourth-order valence-corrected chi connectivity index (χ4v) is 2.40. The van der Waals surface area contributed by atoms with E-state index in [-0.39, 0.29) is 6.10 Å². The van der Waals surface area contributed by atoms with Crippen LogP contribution in [-0.4, -0.2) is 17.1 Å². The van der Waals surface area contributed by atoms with Crippen LogP contribution >= 0.6 is 0 Å². The van der Waals surface area contributed by atoms with E-state index in [1.165, 1.54) is 19.3 Å². The maximum absolute atomic E-state index is 5.86. The Bertz CT molecular complexity index is 406. The van der Waals surface area contributed by atoms with Crippen LogP contribution in [0, 0.1) is 5.92 Å². The molecule has 18 heavy (non-hydrogen) atoms. The molecule has 4 nitrogen and oxygen atoms in total. The second kappa shape index (κ2) is 5.46. The standard InChI is InChI=1S/C14H23N3O/c1-9(2)18-14-11(15)7-8-13(17-14)16-12-6-4-5-10(12)3/h7-10,12H,4-6,15H2,1-3H3,(H,16,17). The molecule has 1 aliphatic carbocycles. The molecule has 0 saturated heterocycles. The largest absolute Gasteiger partial charge is 0.473 e. The molecular formula is C14H23N3O. The number of anilines is 2. The lowest BCUT2D eigenvalue weighted by Gasteiger charge is -2.19. The van der Waals surface area contributed by atoms with Gasteiger partial charge in [0.1, 0.15) is 5.82 Å². The number of nitrogens with zero attached hydrogens (tertiary/aromatic N) is 1. The van der Waals surface area contributed by atoms with E-state index in [0.29, 0.717) is 23.5 Å². The molecule has 2 atom stereocenters. The van der Waals surface area contributed by atoms with Crippen LogP contribution in [0.15, 0.2) is 12.1 Å². The van der Waals surface area contributed by atoms with Crippen LogP contribution in [0.2, 0.25) is 0 Å². The lowest BCUT2D eigenvalue weighted by molar-refractivity contribution is 0.234. The van der Waals surface area contributed by atoms with Gasteiger partial charge in [-0.2, -0.15) is 4.98 Å². The molecule has 0 aromatic carbocycles. The Morgan fingerprint density at radius 2 is 2.17 bits per heavy atom. The molecule has 1 aromatic heterocycles. The zero-order valence-corrected chi connectivity index (χ0v) is 11.4. The first-order valence-electron chi connectivity index (χ1n) is 6.76. The van der Waals surface area contributed by atoms with E-state index in [1.54, 1.807) is 0 Å². The lowest BCUT2D eigenvalue weighted by atomic mass is 10.1. The smallest absolute Gasteiger partial charge is 0.239 e. The average Bonchev–Trinajstić information content (AvgIpc) is 2.69. The van der Waals surface area contributed by atoms with Gasteiger partial charge in [-0.1, -0.05) is 13.3 Å². The van der Waals surface area contributed by atoms with Crippen LogP contribution in [-0.2, 0) is 0 Å². The molecule has 4 heteroatoms. The number of pyridine rings is 1. The van der Waals surface area contributed by atoms with Crippen molar-refractivity contribution in [2.24, 2.45) is 5.92 Å². The van der Waals surface area contributed by atoms with Gasteiger partial charge >= 0.3 is 0 Å². The highest BCUT2D eigenvalue weighted by Gasteiger charge is 2.23. The predicted octanol–water partition coefficient (Wildman–Crippen LogP) is 3.05. The number of nitrogen functional groups attached to an aromatic ring is 1. The summed E-state index contributed by atoms with van der Waals surface area (Å²) < 4.78 is 5.60. The molecule has 0 radical (unpaired) electrons. The van der Waals surface area contributed by atoms with Gasteiger partial charge in [-0.15, -0.1) is 0 Å². The van der Waals surface area contributed by atoms with E-state index in [9.17, 15) is 0 Å². The fraction of sp³-hybridized carbons (Fsp3) is 0.643. The summed E-state index contributed by atoms with van der Waals surface area (Å²) in [6.07, 6.45) is 3.89. The number of hydrogen-bond donors (Lipinski definition) is 2. The minimum absolute atomic E-state index is 0.0838. The number of nitrogens with two attached hydrogens (primary N) is 1. The Hall–Kier alpha value is -1.45. The molecule has 1 saturated carbocycles. The third kappa shape index (κ3) is 3.06. The lowest BCUT2D eigenvalue weighted by Crippen LogP contribution is -2.22. The second-order valence-electron chi connectivity index (χ2n) is 5.42. The number of nitrogens with one attached hydrogen (secondary N) is 1. The minimum atomic E-state index is 0.0838. The van der Waals surface area contributed by atoms with Gasteiger partial charge in [0.2, 0.25) is 5.88 Å². The molecule has 1 aromatic rings. The van der Waals surface area contributed by atoms with Crippen molar-refractivity contribution < 1.29 is 4.74 Å². The average molecular weight is 249 g/mol. The second-order valence-corrected chi connectivity index (χ2v) is 5.42. The van der Waals surface area contributed by atoms with Crippen molar-refractivity contribution in [3.8, 4) is 5.88 Å². The molecule has 100 valence electrons. The summed E-state index contributed by atoms with van der Waals surface area (Å²) in [6, 6.07) is 4.30. The SMILES string of the molecule is CC(C)Oc1nc(NC2CCCC2C)ccc1N. The maximum atomic E-state index is 5.86. The summed E-state index contributed by atoms with van der Waals surface area (Å²) in [6.45, 7) is 6.23. The third-order valence-corrected chi connectivity index (χ3v) is 3.43. The van der Waals surface area contributed by atoms with Crippen molar-refractivity contribution in [2.75, 3.05) is 11.1 Å².